The van der Waals surface area contributed by atoms with Crippen LogP contribution >= 0.6 is 15.9 Å². The van der Waals surface area contributed by atoms with Gasteiger partial charge in [0.2, 0.25) is 0 Å². The SMILES string of the molecule is CCNC(c1ccccc1C)c1cc(Br)ccc1OCC. The van der Waals surface area contributed by atoms with E-state index in [1.54, 1.807) is 0 Å². The Morgan fingerprint density at radius 1 is 1.10 bits per heavy atom. The molecule has 0 heterocycles. The minimum atomic E-state index is 0.134. The highest BCUT2D eigenvalue weighted by atomic mass is 79.9. The van der Waals surface area contributed by atoms with Crippen LogP contribution in [0.4, 0.5) is 0 Å². The molecule has 21 heavy (non-hydrogen) atoms. The lowest BCUT2D eigenvalue weighted by molar-refractivity contribution is 0.333. The fourth-order valence-corrected chi connectivity index (χ4v) is 2.91. The summed E-state index contributed by atoms with van der Waals surface area (Å²) in [5.74, 6) is 0.940. The first-order valence-corrected chi connectivity index (χ1v) is 8.17. The highest BCUT2D eigenvalue weighted by molar-refractivity contribution is 9.10. The highest BCUT2D eigenvalue weighted by Gasteiger charge is 2.19. The third kappa shape index (κ3) is 3.86. The van der Waals surface area contributed by atoms with Gasteiger partial charge in [0.15, 0.2) is 0 Å². The molecule has 0 bridgehead atoms. The molecule has 1 atom stereocenters. The Morgan fingerprint density at radius 3 is 2.52 bits per heavy atom. The van der Waals surface area contributed by atoms with Crippen LogP contribution in [0, 0.1) is 6.92 Å². The van der Waals surface area contributed by atoms with Crippen molar-refractivity contribution < 1.29 is 4.74 Å². The molecule has 2 nitrogen and oxygen atoms in total. The van der Waals surface area contributed by atoms with E-state index in [1.165, 1.54) is 16.7 Å². The number of halogens is 1. The predicted octanol–water partition coefficient (Wildman–Crippen LogP) is 4.86. The number of hydrogen-bond donors (Lipinski definition) is 1. The zero-order valence-electron chi connectivity index (χ0n) is 12.8. The van der Waals surface area contributed by atoms with E-state index in [-0.39, 0.29) is 6.04 Å². The first-order valence-electron chi connectivity index (χ1n) is 7.38. The molecule has 0 saturated carbocycles. The van der Waals surface area contributed by atoms with Crippen LogP contribution in [-0.2, 0) is 0 Å². The minimum absolute atomic E-state index is 0.134. The summed E-state index contributed by atoms with van der Waals surface area (Å²) in [7, 11) is 0. The van der Waals surface area contributed by atoms with E-state index in [4.69, 9.17) is 4.74 Å². The molecule has 0 saturated heterocycles. The Labute approximate surface area is 135 Å². The summed E-state index contributed by atoms with van der Waals surface area (Å²) in [5, 5.41) is 3.58. The Bertz CT molecular complexity index is 598. The summed E-state index contributed by atoms with van der Waals surface area (Å²) in [6.45, 7) is 7.86. The minimum Gasteiger partial charge on any atom is -0.494 e. The van der Waals surface area contributed by atoms with E-state index >= 15 is 0 Å². The second-order valence-corrected chi connectivity index (χ2v) is 5.88. The summed E-state index contributed by atoms with van der Waals surface area (Å²) in [5.41, 5.74) is 3.74. The van der Waals surface area contributed by atoms with Gasteiger partial charge in [0.05, 0.1) is 12.6 Å². The molecule has 2 aromatic carbocycles. The fourth-order valence-electron chi connectivity index (χ4n) is 2.53. The van der Waals surface area contributed by atoms with Gasteiger partial charge in [0.1, 0.15) is 5.75 Å². The molecule has 0 aliphatic heterocycles. The van der Waals surface area contributed by atoms with Crippen molar-refractivity contribution in [3.8, 4) is 5.75 Å². The zero-order chi connectivity index (χ0) is 15.2. The van der Waals surface area contributed by atoms with Gasteiger partial charge >= 0.3 is 0 Å². The number of benzene rings is 2. The average molecular weight is 348 g/mol. The first-order chi connectivity index (χ1) is 10.2. The molecular formula is C18H22BrNO. The van der Waals surface area contributed by atoms with Crippen molar-refractivity contribution in [3.63, 3.8) is 0 Å². The lowest BCUT2D eigenvalue weighted by Crippen LogP contribution is -2.23. The van der Waals surface area contributed by atoms with Crippen molar-refractivity contribution in [2.75, 3.05) is 13.2 Å². The molecule has 0 aromatic heterocycles. The molecule has 0 aliphatic rings. The van der Waals surface area contributed by atoms with E-state index in [0.29, 0.717) is 6.61 Å². The molecule has 112 valence electrons. The molecule has 2 rings (SSSR count). The first kappa shape index (κ1) is 16.1. The van der Waals surface area contributed by atoms with Crippen molar-refractivity contribution in [3.05, 3.63) is 63.6 Å². The number of ether oxygens (including phenoxy) is 1. The monoisotopic (exact) mass is 347 g/mol. The summed E-state index contributed by atoms with van der Waals surface area (Å²) in [6.07, 6.45) is 0. The summed E-state index contributed by atoms with van der Waals surface area (Å²) in [4.78, 5) is 0. The van der Waals surface area contributed by atoms with Crippen LogP contribution in [0.15, 0.2) is 46.9 Å². The Kier molecular flexibility index (Phi) is 5.83. The summed E-state index contributed by atoms with van der Waals surface area (Å²) >= 11 is 3.57. The summed E-state index contributed by atoms with van der Waals surface area (Å²) < 4.78 is 6.89. The standard InChI is InChI=1S/C18H22BrNO/c1-4-20-18(15-9-7-6-8-13(15)3)16-12-14(19)10-11-17(16)21-5-2/h6-12,18,20H,4-5H2,1-3H3. The van der Waals surface area contributed by atoms with Gasteiger partial charge in [-0.25, -0.2) is 0 Å². The van der Waals surface area contributed by atoms with Crippen molar-refractivity contribution in [1.82, 2.24) is 5.32 Å². The van der Waals surface area contributed by atoms with E-state index in [2.05, 4.69) is 65.4 Å². The molecule has 3 heteroatoms. The van der Waals surface area contributed by atoms with Crippen LogP contribution in [0.5, 0.6) is 5.75 Å². The molecular weight excluding hydrogens is 326 g/mol. The van der Waals surface area contributed by atoms with E-state index in [1.807, 2.05) is 19.1 Å². The normalized spacial score (nSPS) is 12.2. The molecule has 0 radical (unpaired) electrons. The molecule has 2 aromatic rings. The Hall–Kier alpha value is -1.32. The van der Waals surface area contributed by atoms with Crippen molar-refractivity contribution >= 4 is 15.9 Å². The van der Waals surface area contributed by atoms with Crippen LogP contribution in [0.1, 0.15) is 36.6 Å². The topological polar surface area (TPSA) is 21.3 Å². The maximum absolute atomic E-state index is 5.82. The lowest BCUT2D eigenvalue weighted by Gasteiger charge is -2.23. The number of nitrogens with one attached hydrogen (secondary N) is 1. The van der Waals surface area contributed by atoms with Gasteiger partial charge in [-0.05, 0) is 49.7 Å². The molecule has 0 fully saturated rings. The van der Waals surface area contributed by atoms with Gasteiger partial charge in [0.25, 0.3) is 0 Å². The zero-order valence-corrected chi connectivity index (χ0v) is 14.4. The number of aryl methyl sites for hydroxylation is 1. The van der Waals surface area contributed by atoms with Gasteiger partial charge in [-0.2, -0.15) is 0 Å². The molecule has 0 amide bonds. The third-order valence-corrected chi connectivity index (χ3v) is 3.98. The van der Waals surface area contributed by atoms with E-state index < -0.39 is 0 Å². The maximum Gasteiger partial charge on any atom is 0.124 e. The quantitative estimate of drug-likeness (QED) is 0.805. The van der Waals surface area contributed by atoms with Crippen LogP contribution < -0.4 is 10.1 Å². The van der Waals surface area contributed by atoms with Crippen molar-refractivity contribution in [1.29, 1.82) is 0 Å². The molecule has 1 unspecified atom stereocenters. The smallest absolute Gasteiger partial charge is 0.124 e. The van der Waals surface area contributed by atoms with Crippen LogP contribution in [0.3, 0.4) is 0 Å². The lowest BCUT2D eigenvalue weighted by atomic mass is 9.94. The van der Waals surface area contributed by atoms with Crippen LogP contribution in [0.2, 0.25) is 0 Å². The van der Waals surface area contributed by atoms with Gasteiger partial charge in [-0.3, -0.25) is 0 Å². The summed E-state index contributed by atoms with van der Waals surface area (Å²) in [6, 6.07) is 14.8. The molecule has 1 N–H and O–H groups in total. The van der Waals surface area contributed by atoms with E-state index in [9.17, 15) is 0 Å². The fraction of sp³-hybridized carbons (Fsp3) is 0.333. The second-order valence-electron chi connectivity index (χ2n) is 4.96. The molecule has 0 aliphatic carbocycles. The van der Waals surface area contributed by atoms with Crippen LogP contribution in [-0.4, -0.2) is 13.2 Å². The average Bonchev–Trinajstić information content (AvgIpc) is 2.48. The van der Waals surface area contributed by atoms with Gasteiger partial charge in [0, 0.05) is 10.0 Å². The Morgan fingerprint density at radius 2 is 1.86 bits per heavy atom. The van der Waals surface area contributed by atoms with E-state index in [0.717, 1.165) is 16.8 Å². The van der Waals surface area contributed by atoms with Crippen molar-refractivity contribution in [2.45, 2.75) is 26.8 Å². The van der Waals surface area contributed by atoms with Gasteiger partial charge in [-0.1, -0.05) is 47.1 Å². The Balaban J connectivity index is 2.52. The largest absolute Gasteiger partial charge is 0.494 e. The second kappa shape index (κ2) is 7.62. The van der Waals surface area contributed by atoms with Crippen molar-refractivity contribution in [2.24, 2.45) is 0 Å². The van der Waals surface area contributed by atoms with Crippen LogP contribution in [0.25, 0.3) is 0 Å². The predicted molar refractivity (Wildman–Crippen MR) is 92.0 cm³/mol. The third-order valence-electron chi connectivity index (χ3n) is 3.49. The highest BCUT2D eigenvalue weighted by Crippen LogP contribution is 2.33. The maximum atomic E-state index is 5.82. The number of rotatable bonds is 6. The molecule has 0 spiro atoms. The number of hydrogen-bond acceptors (Lipinski definition) is 2. The van der Waals surface area contributed by atoms with Gasteiger partial charge in [-0.15, -0.1) is 0 Å². The van der Waals surface area contributed by atoms with Gasteiger partial charge < -0.3 is 10.1 Å².